The van der Waals surface area contributed by atoms with E-state index in [1.807, 2.05) is 17.5 Å². The smallest absolute Gasteiger partial charge is 0.331 e. The number of nitrogens with zero attached hydrogens (tertiary/aromatic N) is 1. The summed E-state index contributed by atoms with van der Waals surface area (Å²) >= 11 is 1.51. The van der Waals surface area contributed by atoms with E-state index in [1.165, 1.54) is 17.4 Å². The zero-order valence-corrected chi connectivity index (χ0v) is 13.0. The Morgan fingerprint density at radius 3 is 2.82 bits per heavy atom. The van der Waals surface area contributed by atoms with Crippen LogP contribution in [0.5, 0.6) is 0 Å². The minimum Gasteiger partial charge on any atom is -0.452 e. The lowest BCUT2D eigenvalue weighted by molar-refractivity contribution is -0.144. The number of amides is 1. The van der Waals surface area contributed by atoms with Gasteiger partial charge in [-0.05, 0) is 30.4 Å². The maximum atomic E-state index is 11.9. The zero-order valence-electron chi connectivity index (χ0n) is 12.2. The lowest BCUT2D eigenvalue weighted by Crippen LogP contribution is -2.49. The molecule has 0 atom stereocenters. The quantitative estimate of drug-likeness (QED) is 0.668. The molecule has 0 unspecified atom stereocenters. The van der Waals surface area contributed by atoms with Crippen LogP contribution in [0, 0.1) is 11.3 Å². The van der Waals surface area contributed by atoms with Crippen LogP contribution in [-0.4, -0.2) is 24.0 Å². The molecule has 1 aliphatic carbocycles. The lowest BCUT2D eigenvalue weighted by Gasteiger charge is -2.31. The third kappa shape index (κ3) is 4.71. The van der Waals surface area contributed by atoms with Crippen molar-refractivity contribution in [2.45, 2.75) is 37.6 Å². The molecule has 1 aromatic heterocycles. The van der Waals surface area contributed by atoms with Gasteiger partial charge in [0.1, 0.15) is 5.54 Å². The van der Waals surface area contributed by atoms with Crippen LogP contribution in [-0.2, 0) is 14.3 Å². The van der Waals surface area contributed by atoms with Gasteiger partial charge in [0, 0.05) is 11.0 Å². The van der Waals surface area contributed by atoms with Crippen LogP contribution < -0.4 is 5.32 Å². The van der Waals surface area contributed by atoms with Crippen LogP contribution in [0.15, 0.2) is 23.6 Å². The molecular weight excluding hydrogens is 300 g/mol. The molecule has 1 saturated carbocycles. The maximum Gasteiger partial charge on any atom is 0.331 e. The number of hydrogen-bond acceptors (Lipinski definition) is 5. The Morgan fingerprint density at radius 2 is 2.18 bits per heavy atom. The van der Waals surface area contributed by atoms with Crippen molar-refractivity contribution in [3.8, 4) is 6.07 Å². The van der Waals surface area contributed by atoms with E-state index < -0.39 is 17.4 Å². The van der Waals surface area contributed by atoms with E-state index in [0.717, 1.165) is 24.1 Å². The van der Waals surface area contributed by atoms with E-state index in [0.29, 0.717) is 12.8 Å². The number of esters is 1. The molecule has 1 heterocycles. The molecule has 0 spiro atoms. The maximum absolute atomic E-state index is 11.9. The SMILES string of the molecule is N#CC1(NC(=O)COC(=O)/C=C/c2cccs2)CCCCC1. The van der Waals surface area contributed by atoms with Crippen molar-refractivity contribution in [2.75, 3.05) is 6.61 Å². The molecular formula is C16H18N2O3S. The van der Waals surface area contributed by atoms with Crippen molar-refractivity contribution in [1.29, 1.82) is 5.26 Å². The highest BCUT2D eigenvalue weighted by Crippen LogP contribution is 2.27. The molecule has 0 aromatic carbocycles. The summed E-state index contributed by atoms with van der Waals surface area (Å²) in [5.74, 6) is -1.00. The molecule has 22 heavy (non-hydrogen) atoms. The van der Waals surface area contributed by atoms with Gasteiger partial charge in [0.15, 0.2) is 6.61 Å². The molecule has 0 saturated heterocycles. The summed E-state index contributed by atoms with van der Waals surface area (Å²) in [6, 6.07) is 5.95. The van der Waals surface area contributed by atoms with Gasteiger partial charge in [-0.3, -0.25) is 4.79 Å². The number of nitrogens with one attached hydrogen (secondary N) is 1. The predicted molar refractivity (Wildman–Crippen MR) is 83.9 cm³/mol. The van der Waals surface area contributed by atoms with Gasteiger partial charge >= 0.3 is 5.97 Å². The van der Waals surface area contributed by atoms with E-state index in [1.54, 1.807) is 6.08 Å². The van der Waals surface area contributed by atoms with Crippen LogP contribution in [0.4, 0.5) is 0 Å². The normalized spacial score (nSPS) is 16.9. The Bertz CT molecular complexity index is 581. The number of rotatable bonds is 5. The van der Waals surface area contributed by atoms with Crippen molar-refractivity contribution in [1.82, 2.24) is 5.32 Å². The summed E-state index contributed by atoms with van der Waals surface area (Å²) in [5, 5.41) is 13.9. The Kier molecular flexibility index (Phi) is 5.73. The third-order valence-electron chi connectivity index (χ3n) is 3.57. The Balaban J connectivity index is 1.77. The summed E-state index contributed by atoms with van der Waals surface area (Å²) in [7, 11) is 0. The van der Waals surface area contributed by atoms with Gasteiger partial charge in [-0.15, -0.1) is 11.3 Å². The van der Waals surface area contributed by atoms with Gasteiger partial charge < -0.3 is 10.1 Å². The molecule has 116 valence electrons. The molecule has 5 nitrogen and oxygen atoms in total. The molecule has 1 aliphatic rings. The molecule has 1 N–H and O–H groups in total. The highest BCUT2D eigenvalue weighted by Gasteiger charge is 2.33. The van der Waals surface area contributed by atoms with Crippen LogP contribution in [0.3, 0.4) is 0 Å². The van der Waals surface area contributed by atoms with E-state index >= 15 is 0 Å². The molecule has 2 rings (SSSR count). The average molecular weight is 318 g/mol. The molecule has 1 aromatic rings. The molecule has 0 aliphatic heterocycles. The average Bonchev–Trinajstić information content (AvgIpc) is 3.05. The van der Waals surface area contributed by atoms with Crippen LogP contribution >= 0.6 is 11.3 Å². The summed E-state index contributed by atoms with van der Waals surface area (Å²) in [4.78, 5) is 24.3. The fourth-order valence-electron chi connectivity index (χ4n) is 2.44. The largest absolute Gasteiger partial charge is 0.452 e. The molecule has 1 amide bonds. The van der Waals surface area contributed by atoms with Crippen LogP contribution in [0.2, 0.25) is 0 Å². The monoisotopic (exact) mass is 318 g/mol. The van der Waals surface area contributed by atoms with Gasteiger partial charge in [-0.1, -0.05) is 25.3 Å². The highest BCUT2D eigenvalue weighted by molar-refractivity contribution is 7.10. The van der Waals surface area contributed by atoms with Gasteiger partial charge in [0.2, 0.25) is 0 Å². The summed E-state index contributed by atoms with van der Waals surface area (Å²) < 4.78 is 4.89. The summed E-state index contributed by atoms with van der Waals surface area (Å²) in [5.41, 5.74) is -0.797. The first kappa shape index (κ1) is 16.2. The Hall–Kier alpha value is -2.13. The first-order valence-electron chi connectivity index (χ1n) is 7.24. The van der Waals surface area contributed by atoms with Gasteiger partial charge in [-0.2, -0.15) is 5.26 Å². The second kappa shape index (κ2) is 7.76. The van der Waals surface area contributed by atoms with E-state index in [9.17, 15) is 14.9 Å². The summed E-state index contributed by atoms with van der Waals surface area (Å²) in [6.45, 7) is -0.364. The summed E-state index contributed by atoms with van der Waals surface area (Å²) in [6.07, 6.45) is 7.18. The first-order chi connectivity index (χ1) is 10.6. The minimum absolute atomic E-state index is 0.364. The van der Waals surface area contributed by atoms with Gasteiger partial charge in [-0.25, -0.2) is 4.79 Å². The zero-order chi connectivity index (χ0) is 15.8. The van der Waals surface area contributed by atoms with E-state index in [2.05, 4.69) is 11.4 Å². The van der Waals surface area contributed by atoms with Crippen LogP contribution in [0.25, 0.3) is 6.08 Å². The number of carbonyl (C=O) groups excluding carboxylic acids is 2. The highest BCUT2D eigenvalue weighted by atomic mass is 32.1. The number of nitriles is 1. The fourth-order valence-corrected chi connectivity index (χ4v) is 3.06. The van der Waals surface area contributed by atoms with Gasteiger partial charge in [0.25, 0.3) is 5.91 Å². The van der Waals surface area contributed by atoms with Crippen molar-refractivity contribution in [3.63, 3.8) is 0 Å². The number of hydrogen-bond donors (Lipinski definition) is 1. The number of ether oxygens (including phenoxy) is 1. The second-order valence-electron chi connectivity index (χ2n) is 5.26. The number of carbonyl (C=O) groups is 2. The van der Waals surface area contributed by atoms with Crippen molar-refractivity contribution < 1.29 is 14.3 Å². The molecule has 6 heteroatoms. The number of thiophene rings is 1. The molecule has 0 bridgehead atoms. The van der Waals surface area contributed by atoms with E-state index in [-0.39, 0.29) is 6.61 Å². The fraction of sp³-hybridized carbons (Fsp3) is 0.438. The van der Waals surface area contributed by atoms with Crippen molar-refractivity contribution >= 4 is 29.3 Å². The minimum atomic E-state index is -0.797. The lowest BCUT2D eigenvalue weighted by atomic mass is 9.83. The standard InChI is InChI=1S/C16H18N2O3S/c17-12-16(8-2-1-3-9-16)18-14(19)11-21-15(20)7-6-13-5-4-10-22-13/h4-7,10H,1-3,8-9,11H2,(H,18,19)/b7-6+. The van der Waals surface area contributed by atoms with E-state index in [4.69, 9.17) is 4.74 Å². The van der Waals surface area contributed by atoms with Crippen LogP contribution in [0.1, 0.15) is 37.0 Å². The second-order valence-corrected chi connectivity index (χ2v) is 6.24. The Morgan fingerprint density at radius 1 is 1.41 bits per heavy atom. The first-order valence-corrected chi connectivity index (χ1v) is 8.12. The topological polar surface area (TPSA) is 79.2 Å². The van der Waals surface area contributed by atoms with Crippen molar-refractivity contribution in [2.24, 2.45) is 0 Å². The van der Waals surface area contributed by atoms with Gasteiger partial charge in [0.05, 0.1) is 6.07 Å². The third-order valence-corrected chi connectivity index (χ3v) is 4.41. The molecule has 0 radical (unpaired) electrons. The van der Waals surface area contributed by atoms with Crippen molar-refractivity contribution in [3.05, 3.63) is 28.5 Å². The Labute approximate surface area is 133 Å². The predicted octanol–water partition coefficient (Wildman–Crippen LogP) is 2.65. The molecule has 1 fully saturated rings.